The highest BCUT2D eigenvalue weighted by Gasteiger charge is 2.11. The molecule has 3 rings (SSSR count). The van der Waals surface area contributed by atoms with Gasteiger partial charge in [0.25, 0.3) is 0 Å². The first-order valence-corrected chi connectivity index (χ1v) is 7.25. The first-order chi connectivity index (χ1) is 9.13. The zero-order valence-corrected chi connectivity index (χ0v) is 13.6. The molecule has 0 saturated heterocycles. The van der Waals surface area contributed by atoms with E-state index < -0.39 is 0 Å². The lowest BCUT2D eigenvalue weighted by Crippen LogP contribution is -1.84. The molecule has 0 fully saturated rings. The molecule has 0 bridgehead atoms. The van der Waals surface area contributed by atoms with Gasteiger partial charge in [-0.05, 0) is 44.0 Å². The van der Waals surface area contributed by atoms with Crippen molar-refractivity contribution in [2.24, 2.45) is 0 Å². The number of H-pyrrole nitrogens is 1. The van der Waals surface area contributed by atoms with Crippen molar-refractivity contribution in [3.8, 4) is 11.5 Å². The van der Waals surface area contributed by atoms with Crippen molar-refractivity contribution in [1.82, 2.24) is 4.98 Å². The van der Waals surface area contributed by atoms with E-state index in [1.165, 1.54) is 0 Å². The van der Waals surface area contributed by atoms with Crippen molar-refractivity contribution >= 4 is 53.7 Å². The van der Waals surface area contributed by atoms with Gasteiger partial charge in [-0.25, -0.2) is 0 Å². The molecule has 98 valence electrons. The van der Waals surface area contributed by atoms with Gasteiger partial charge < -0.3 is 14.5 Å². The van der Waals surface area contributed by atoms with E-state index in [0.29, 0.717) is 0 Å². The summed E-state index contributed by atoms with van der Waals surface area (Å²) in [6.45, 7) is 0. The average molecular weight is 385 g/mol. The number of methoxy groups -OCH3 is 2. The summed E-state index contributed by atoms with van der Waals surface area (Å²) in [6, 6.07) is 8.09. The molecular weight excluding hydrogens is 374 g/mol. The maximum absolute atomic E-state index is 5.32. The first kappa shape index (κ1) is 12.8. The quantitative estimate of drug-likeness (QED) is 0.684. The van der Waals surface area contributed by atoms with E-state index in [0.717, 1.165) is 42.3 Å². The lowest BCUT2D eigenvalue weighted by atomic mass is 10.1. The number of rotatable bonds is 2. The van der Waals surface area contributed by atoms with Crippen LogP contribution in [0.25, 0.3) is 21.8 Å². The van der Waals surface area contributed by atoms with Crippen molar-refractivity contribution in [1.29, 1.82) is 0 Å². The maximum Gasteiger partial charge on any atom is 0.135 e. The Hall–Kier alpha value is -1.20. The average Bonchev–Trinajstić information content (AvgIpc) is 2.73. The van der Waals surface area contributed by atoms with E-state index in [4.69, 9.17) is 9.47 Å². The van der Waals surface area contributed by atoms with Gasteiger partial charge in [0.1, 0.15) is 11.5 Å². The van der Waals surface area contributed by atoms with Crippen LogP contribution in [0.4, 0.5) is 0 Å². The highest BCUT2D eigenvalue weighted by Crippen LogP contribution is 2.37. The summed E-state index contributed by atoms with van der Waals surface area (Å²) >= 11 is 7.04. The summed E-state index contributed by atoms with van der Waals surface area (Å²) in [7, 11) is 3.32. The van der Waals surface area contributed by atoms with Crippen LogP contribution in [0.15, 0.2) is 33.2 Å². The first-order valence-electron chi connectivity index (χ1n) is 5.66. The van der Waals surface area contributed by atoms with Gasteiger partial charge in [0, 0.05) is 22.9 Å². The maximum atomic E-state index is 5.32. The summed E-state index contributed by atoms with van der Waals surface area (Å²) < 4.78 is 12.5. The van der Waals surface area contributed by atoms with Gasteiger partial charge in [-0.3, -0.25) is 0 Å². The Bertz CT molecular complexity index is 716. The molecule has 2 aromatic carbocycles. The molecule has 1 N–H and O–H groups in total. The molecule has 0 aliphatic carbocycles. The van der Waals surface area contributed by atoms with E-state index in [1.807, 2.05) is 12.1 Å². The Morgan fingerprint density at radius 1 is 0.789 bits per heavy atom. The second kappa shape index (κ2) is 4.72. The minimum Gasteiger partial charge on any atom is -0.495 e. The van der Waals surface area contributed by atoms with Crippen LogP contribution in [0.2, 0.25) is 0 Å². The Morgan fingerprint density at radius 2 is 1.21 bits per heavy atom. The largest absolute Gasteiger partial charge is 0.495 e. The summed E-state index contributed by atoms with van der Waals surface area (Å²) in [6.07, 6.45) is 0. The molecule has 3 aromatic rings. The number of hydrogen-bond acceptors (Lipinski definition) is 2. The summed E-state index contributed by atoms with van der Waals surface area (Å²) in [5.41, 5.74) is 2.07. The number of fused-ring (bicyclic) bond motifs is 3. The third-order valence-corrected chi connectivity index (χ3v) is 4.38. The second-order valence-electron chi connectivity index (χ2n) is 4.19. The van der Waals surface area contributed by atoms with Gasteiger partial charge in [0.05, 0.1) is 34.2 Å². The Morgan fingerprint density at radius 3 is 1.58 bits per heavy atom. The number of aromatic nitrogens is 1. The molecule has 0 spiro atoms. The van der Waals surface area contributed by atoms with Crippen LogP contribution >= 0.6 is 31.9 Å². The van der Waals surface area contributed by atoms with Crippen molar-refractivity contribution in [2.75, 3.05) is 14.2 Å². The summed E-state index contributed by atoms with van der Waals surface area (Å²) in [4.78, 5) is 3.38. The van der Waals surface area contributed by atoms with E-state index in [9.17, 15) is 0 Å². The standard InChI is InChI=1S/C14H11Br2NO2/c1-18-13-5-11-7(3-9(13)15)8-4-10(16)14(19-2)6-12(8)17-11/h3-6,17H,1-2H3. The Labute approximate surface area is 127 Å². The van der Waals surface area contributed by atoms with Crippen LogP contribution in [0.3, 0.4) is 0 Å². The fourth-order valence-electron chi connectivity index (χ4n) is 2.22. The van der Waals surface area contributed by atoms with Gasteiger partial charge in [-0.2, -0.15) is 0 Å². The van der Waals surface area contributed by atoms with Gasteiger partial charge >= 0.3 is 0 Å². The molecular formula is C14H11Br2NO2. The molecule has 0 radical (unpaired) electrons. The van der Waals surface area contributed by atoms with Crippen LogP contribution in [0.5, 0.6) is 11.5 Å². The number of ether oxygens (including phenoxy) is 2. The van der Waals surface area contributed by atoms with Gasteiger partial charge in [0.15, 0.2) is 0 Å². The van der Waals surface area contributed by atoms with Crippen LogP contribution in [-0.4, -0.2) is 19.2 Å². The molecule has 5 heteroatoms. The summed E-state index contributed by atoms with van der Waals surface area (Å²) in [5.74, 6) is 1.62. The van der Waals surface area contributed by atoms with E-state index in [2.05, 4.69) is 49.0 Å². The highest BCUT2D eigenvalue weighted by molar-refractivity contribution is 9.11. The van der Waals surface area contributed by atoms with Gasteiger partial charge in [-0.15, -0.1) is 0 Å². The Kier molecular flexibility index (Phi) is 3.19. The summed E-state index contributed by atoms with van der Waals surface area (Å²) in [5, 5.41) is 2.29. The molecule has 0 aliphatic rings. The number of aromatic amines is 1. The van der Waals surface area contributed by atoms with Crippen molar-refractivity contribution < 1.29 is 9.47 Å². The molecule has 0 amide bonds. The van der Waals surface area contributed by atoms with Gasteiger partial charge in [0.2, 0.25) is 0 Å². The van der Waals surface area contributed by atoms with Crippen LogP contribution < -0.4 is 9.47 Å². The topological polar surface area (TPSA) is 34.2 Å². The molecule has 0 unspecified atom stereocenters. The third kappa shape index (κ3) is 2.01. The number of nitrogens with one attached hydrogen (secondary N) is 1. The van der Waals surface area contributed by atoms with Crippen LogP contribution in [0, 0.1) is 0 Å². The van der Waals surface area contributed by atoms with E-state index >= 15 is 0 Å². The predicted octanol–water partition coefficient (Wildman–Crippen LogP) is 4.86. The fraction of sp³-hybridized carbons (Fsp3) is 0.143. The van der Waals surface area contributed by atoms with Gasteiger partial charge in [-0.1, -0.05) is 0 Å². The van der Waals surface area contributed by atoms with Crippen LogP contribution in [-0.2, 0) is 0 Å². The van der Waals surface area contributed by atoms with Crippen molar-refractivity contribution in [2.45, 2.75) is 0 Å². The van der Waals surface area contributed by atoms with Crippen molar-refractivity contribution in [3.63, 3.8) is 0 Å². The molecule has 3 nitrogen and oxygen atoms in total. The SMILES string of the molecule is COc1cc2[nH]c3cc(OC)c(Br)cc3c2cc1Br. The van der Waals surface area contributed by atoms with Crippen LogP contribution in [0.1, 0.15) is 0 Å². The number of hydrogen-bond donors (Lipinski definition) is 1. The number of benzene rings is 2. The van der Waals surface area contributed by atoms with E-state index in [-0.39, 0.29) is 0 Å². The minimum absolute atomic E-state index is 0.810. The molecule has 0 saturated carbocycles. The minimum atomic E-state index is 0.810. The second-order valence-corrected chi connectivity index (χ2v) is 5.90. The molecule has 0 atom stereocenters. The lowest BCUT2D eigenvalue weighted by molar-refractivity contribution is 0.412. The predicted molar refractivity (Wildman–Crippen MR) is 84.3 cm³/mol. The smallest absolute Gasteiger partial charge is 0.135 e. The third-order valence-electron chi connectivity index (χ3n) is 3.14. The van der Waals surface area contributed by atoms with Crippen molar-refractivity contribution in [3.05, 3.63) is 33.2 Å². The highest BCUT2D eigenvalue weighted by atomic mass is 79.9. The fourth-order valence-corrected chi connectivity index (χ4v) is 3.23. The monoisotopic (exact) mass is 383 g/mol. The molecule has 19 heavy (non-hydrogen) atoms. The molecule has 0 aliphatic heterocycles. The molecule has 1 heterocycles. The normalized spacial score (nSPS) is 11.2. The lowest BCUT2D eigenvalue weighted by Gasteiger charge is -2.03. The zero-order chi connectivity index (χ0) is 13.6. The number of halogens is 2. The zero-order valence-electron chi connectivity index (χ0n) is 10.4. The Balaban J connectivity index is 2.39. The molecule has 1 aromatic heterocycles. The van der Waals surface area contributed by atoms with E-state index in [1.54, 1.807) is 14.2 Å².